The minimum Gasteiger partial charge on any atom is -0.379 e. The molecule has 0 aliphatic carbocycles. The average Bonchev–Trinajstić information content (AvgIpc) is 2.59. The van der Waals surface area contributed by atoms with Crippen molar-refractivity contribution in [2.45, 2.75) is 45.3 Å². The largest absolute Gasteiger partial charge is 0.379 e. The van der Waals surface area contributed by atoms with Crippen LogP contribution in [0.5, 0.6) is 0 Å². The molecule has 0 bridgehead atoms. The van der Waals surface area contributed by atoms with Gasteiger partial charge in [-0.2, -0.15) is 5.10 Å². The van der Waals surface area contributed by atoms with Gasteiger partial charge in [0.05, 0.1) is 17.5 Å². The van der Waals surface area contributed by atoms with E-state index >= 15 is 0 Å². The highest BCUT2D eigenvalue weighted by molar-refractivity contribution is 5.47. The predicted molar refractivity (Wildman–Crippen MR) is 64.6 cm³/mol. The van der Waals surface area contributed by atoms with Crippen LogP contribution in [0.15, 0.2) is 6.20 Å². The Balaban J connectivity index is 2.02. The maximum atomic E-state index is 5.55. The highest BCUT2D eigenvalue weighted by Gasteiger charge is 2.20. The van der Waals surface area contributed by atoms with Crippen LogP contribution in [0, 0.1) is 0 Å². The van der Waals surface area contributed by atoms with Gasteiger partial charge in [0.15, 0.2) is 0 Å². The molecule has 0 amide bonds. The van der Waals surface area contributed by atoms with Crippen molar-refractivity contribution >= 4 is 5.69 Å². The molecule has 0 aromatic carbocycles. The van der Waals surface area contributed by atoms with Gasteiger partial charge in [-0.05, 0) is 26.2 Å². The second-order valence-electron chi connectivity index (χ2n) is 4.56. The van der Waals surface area contributed by atoms with Crippen LogP contribution in [0.1, 0.15) is 32.4 Å². The molecule has 4 heteroatoms. The number of anilines is 1. The molecule has 16 heavy (non-hydrogen) atoms. The van der Waals surface area contributed by atoms with Gasteiger partial charge in [0.25, 0.3) is 0 Å². The SMILES string of the molecule is CCc1nn(C)cc1NC1CCOC(C)C1. The zero-order chi connectivity index (χ0) is 11.5. The first kappa shape index (κ1) is 11.5. The number of ether oxygens (including phenoxy) is 1. The van der Waals surface area contributed by atoms with Crippen LogP contribution in [0.4, 0.5) is 5.69 Å². The summed E-state index contributed by atoms with van der Waals surface area (Å²) in [6, 6.07) is 0.526. The lowest BCUT2D eigenvalue weighted by Crippen LogP contribution is -2.32. The average molecular weight is 223 g/mol. The van der Waals surface area contributed by atoms with E-state index in [1.165, 1.54) is 5.69 Å². The lowest BCUT2D eigenvalue weighted by Gasteiger charge is -2.28. The van der Waals surface area contributed by atoms with E-state index < -0.39 is 0 Å². The van der Waals surface area contributed by atoms with E-state index in [1.807, 2.05) is 11.7 Å². The minimum atomic E-state index is 0.369. The standard InChI is InChI=1S/C12H21N3O/c1-4-11-12(8-15(3)14-11)13-10-5-6-16-9(2)7-10/h8-10,13H,4-7H2,1-3H3. The molecule has 1 aliphatic heterocycles. The fourth-order valence-corrected chi connectivity index (χ4v) is 2.27. The first-order chi connectivity index (χ1) is 7.69. The van der Waals surface area contributed by atoms with Crippen molar-refractivity contribution in [3.05, 3.63) is 11.9 Å². The van der Waals surface area contributed by atoms with E-state index in [4.69, 9.17) is 4.74 Å². The topological polar surface area (TPSA) is 39.1 Å². The number of aromatic nitrogens is 2. The molecule has 0 saturated carbocycles. The van der Waals surface area contributed by atoms with Crippen LogP contribution in [0.2, 0.25) is 0 Å². The van der Waals surface area contributed by atoms with Gasteiger partial charge in [-0.1, -0.05) is 6.92 Å². The molecular weight excluding hydrogens is 202 g/mol. The number of hydrogen-bond acceptors (Lipinski definition) is 3. The minimum absolute atomic E-state index is 0.369. The van der Waals surface area contributed by atoms with Gasteiger partial charge in [0.1, 0.15) is 0 Å². The maximum absolute atomic E-state index is 5.55. The van der Waals surface area contributed by atoms with Gasteiger partial charge < -0.3 is 10.1 Å². The van der Waals surface area contributed by atoms with Crippen LogP contribution in [-0.4, -0.2) is 28.5 Å². The molecule has 1 aliphatic rings. The summed E-state index contributed by atoms with van der Waals surface area (Å²) in [5.74, 6) is 0. The summed E-state index contributed by atoms with van der Waals surface area (Å²) < 4.78 is 7.43. The first-order valence-electron chi connectivity index (χ1n) is 6.09. The molecule has 0 radical (unpaired) electrons. The van der Waals surface area contributed by atoms with Crippen LogP contribution < -0.4 is 5.32 Å². The van der Waals surface area contributed by atoms with Crippen molar-refractivity contribution in [1.82, 2.24) is 9.78 Å². The maximum Gasteiger partial charge on any atom is 0.0853 e. The summed E-state index contributed by atoms with van der Waals surface area (Å²) in [6.07, 6.45) is 5.58. The predicted octanol–water partition coefficient (Wildman–Crippen LogP) is 1.96. The fraction of sp³-hybridized carbons (Fsp3) is 0.750. The zero-order valence-electron chi connectivity index (χ0n) is 10.4. The van der Waals surface area contributed by atoms with Crippen molar-refractivity contribution in [2.75, 3.05) is 11.9 Å². The Morgan fingerprint density at radius 1 is 1.62 bits per heavy atom. The van der Waals surface area contributed by atoms with E-state index in [9.17, 15) is 0 Å². The summed E-state index contributed by atoms with van der Waals surface area (Å²) in [5.41, 5.74) is 2.34. The van der Waals surface area contributed by atoms with Crippen molar-refractivity contribution < 1.29 is 4.74 Å². The van der Waals surface area contributed by atoms with Gasteiger partial charge in [-0.15, -0.1) is 0 Å². The van der Waals surface area contributed by atoms with Gasteiger partial charge in [-0.3, -0.25) is 4.68 Å². The van der Waals surface area contributed by atoms with Gasteiger partial charge in [0.2, 0.25) is 0 Å². The monoisotopic (exact) mass is 223 g/mol. The Bertz CT molecular complexity index is 348. The molecule has 0 spiro atoms. The molecule has 1 fully saturated rings. The van der Waals surface area contributed by atoms with Crippen LogP contribution in [0.3, 0.4) is 0 Å². The Labute approximate surface area is 97.0 Å². The summed E-state index contributed by atoms with van der Waals surface area (Å²) in [5, 5.41) is 8.02. The number of hydrogen-bond donors (Lipinski definition) is 1. The highest BCUT2D eigenvalue weighted by Crippen LogP contribution is 2.21. The Morgan fingerprint density at radius 3 is 3.12 bits per heavy atom. The van der Waals surface area contributed by atoms with Gasteiger partial charge >= 0.3 is 0 Å². The number of rotatable bonds is 3. The van der Waals surface area contributed by atoms with E-state index in [2.05, 4.69) is 30.5 Å². The van der Waals surface area contributed by atoms with Gasteiger partial charge in [-0.25, -0.2) is 0 Å². The second kappa shape index (κ2) is 4.87. The second-order valence-corrected chi connectivity index (χ2v) is 4.56. The number of nitrogens with zero attached hydrogens (tertiary/aromatic N) is 2. The van der Waals surface area contributed by atoms with E-state index in [-0.39, 0.29) is 0 Å². The highest BCUT2D eigenvalue weighted by atomic mass is 16.5. The molecule has 2 atom stereocenters. The molecule has 1 aromatic heterocycles. The summed E-state index contributed by atoms with van der Waals surface area (Å²) in [7, 11) is 1.97. The quantitative estimate of drug-likeness (QED) is 0.851. The molecular formula is C12H21N3O. The van der Waals surface area contributed by atoms with Crippen LogP contribution in [-0.2, 0) is 18.2 Å². The van der Waals surface area contributed by atoms with Gasteiger partial charge in [0, 0.05) is 25.9 Å². The summed E-state index contributed by atoms with van der Waals surface area (Å²) in [6.45, 7) is 5.14. The van der Waals surface area contributed by atoms with Crippen molar-refractivity contribution in [2.24, 2.45) is 7.05 Å². The smallest absolute Gasteiger partial charge is 0.0853 e. The molecule has 2 unspecified atom stereocenters. The van der Waals surface area contributed by atoms with E-state index in [1.54, 1.807) is 0 Å². The van der Waals surface area contributed by atoms with Crippen LogP contribution in [0.25, 0.3) is 0 Å². The molecule has 4 nitrogen and oxygen atoms in total. The third kappa shape index (κ3) is 2.55. The Hall–Kier alpha value is -1.03. The third-order valence-corrected chi connectivity index (χ3v) is 3.08. The fourth-order valence-electron chi connectivity index (χ4n) is 2.27. The van der Waals surface area contributed by atoms with E-state index in [0.29, 0.717) is 12.1 Å². The number of nitrogens with one attached hydrogen (secondary N) is 1. The molecule has 2 rings (SSSR count). The Morgan fingerprint density at radius 2 is 2.44 bits per heavy atom. The first-order valence-corrected chi connectivity index (χ1v) is 6.09. The Kier molecular flexibility index (Phi) is 3.49. The summed E-state index contributed by atoms with van der Waals surface area (Å²) >= 11 is 0. The third-order valence-electron chi connectivity index (χ3n) is 3.08. The lowest BCUT2D eigenvalue weighted by molar-refractivity contribution is 0.0232. The number of aryl methyl sites for hydroxylation is 2. The lowest BCUT2D eigenvalue weighted by atomic mass is 10.0. The van der Waals surface area contributed by atoms with Crippen LogP contribution >= 0.6 is 0 Å². The molecule has 1 N–H and O–H groups in total. The molecule has 1 aromatic rings. The zero-order valence-corrected chi connectivity index (χ0v) is 10.4. The molecule has 90 valence electrons. The van der Waals surface area contributed by atoms with Crippen molar-refractivity contribution in [3.8, 4) is 0 Å². The van der Waals surface area contributed by atoms with Crippen molar-refractivity contribution in [1.29, 1.82) is 0 Å². The molecule has 1 saturated heterocycles. The summed E-state index contributed by atoms with van der Waals surface area (Å²) in [4.78, 5) is 0. The van der Waals surface area contributed by atoms with E-state index in [0.717, 1.165) is 31.6 Å². The molecule has 2 heterocycles. The van der Waals surface area contributed by atoms with Crippen molar-refractivity contribution in [3.63, 3.8) is 0 Å². The normalized spacial score (nSPS) is 25.7.